The zero-order valence-electron chi connectivity index (χ0n) is 22.8. The minimum atomic E-state index is -0.764. The van der Waals surface area contributed by atoms with Crippen molar-refractivity contribution in [3.63, 3.8) is 0 Å². The number of aliphatic imine (C=N–C) groups is 1. The van der Waals surface area contributed by atoms with Crippen LogP contribution in [0.5, 0.6) is 0 Å². The predicted octanol–water partition coefficient (Wildman–Crippen LogP) is 2.27. The van der Waals surface area contributed by atoms with E-state index in [-0.39, 0.29) is 17.8 Å². The minimum absolute atomic E-state index is 0.00392. The lowest BCUT2D eigenvalue weighted by atomic mass is 9.84. The Balaban J connectivity index is 1.46. The molecule has 0 aromatic heterocycles. The van der Waals surface area contributed by atoms with E-state index >= 15 is 0 Å². The minimum Gasteiger partial charge on any atom is -0.370 e. The maximum absolute atomic E-state index is 14.0. The molecule has 2 heterocycles. The van der Waals surface area contributed by atoms with Crippen molar-refractivity contribution < 1.29 is 14.4 Å². The van der Waals surface area contributed by atoms with E-state index in [1.54, 1.807) is 0 Å². The number of hydrogen-bond acceptors (Lipinski definition) is 5. The summed E-state index contributed by atoms with van der Waals surface area (Å²) in [5.74, 6) is -0.0798. The van der Waals surface area contributed by atoms with E-state index in [1.807, 2.05) is 4.90 Å². The van der Waals surface area contributed by atoms with Crippen LogP contribution < -0.4 is 21.7 Å². The van der Waals surface area contributed by atoms with Crippen LogP contribution in [0.1, 0.15) is 62.5 Å². The normalized spacial score (nSPS) is 21.4. The summed E-state index contributed by atoms with van der Waals surface area (Å²) in [4.78, 5) is 49.8. The van der Waals surface area contributed by atoms with Crippen LogP contribution in [0.15, 0.2) is 23.2 Å². The summed E-state index contributed by atoms with van der Waals surface area (Å²) in [5, 5.41) is 2.81. The zero-order valence-corrected chi connectivity index (χ0v) is 22.8. The molecule has 208 valence electrons. The summed E-state index contributed by atoms with van der Waals surface area (Å²) in [6, 6.07) is 4.41. The number of urea groups is 1. The van der Waals surface area contributed by atoms with Gasteiger partial charge < -0.3 is 26.6 Å². The van der Waals surface area contributed by atoms with Gasteiger partial charge >= 0.3 is 6.03 Å². The summed E-state index contributed by atoms with van der Waals surface area (Å²) < 4.78 is 0. The number of amides is 4. The van der Waals surface area contributed by atoms with E-state index < -0.39 is 18.1 Å². The van der Waals surface area contributed by atoms with E-state index in [2.05, 4.69) is 47.3 Å². The number of benzene rings is 1. The fraction of sp³-hybridized carbons (Fsp3) is 0.643. The van der Waals surface area contributed by atoms with Crippen molar-refractivity contribution in [3.8, 4) is 0 Å². The molecule has 4 amide bonds. The third-order valence-electron chi connectivity index (χ3n) is 8.22. The van der Waals surface area contributed by atoms with Crippen LogP contribution >= 0.6 is 0 Å². The van der Waals surface area contributed by atoms with E-state index in [4.69, 9.17) is 11.5 Å². The Hall–Kier alpha value is -3.30. The number of hydrogen-bond donors (Lipinski definition) is 3. The largest absolute Gasteiger partial charge is 0.370 e. The van der Waals surface area contributed by atoms with Crippen molar-refractivity contribution in [3.05, 3.63) is 29.3 Å². The van der Waals surface area contributed by atoms with Crippen molar-refractivity contribution >= 4 is 29.5 Å². The summed E-state index contributed by atoms with van der Waals surface area (Å²) in [5.41, 5.74) is 14.5. The Morgan fingerprint density at radius 1 is 1.05 bits per heavy atom. The molecule has 3 fully saturated rings. The number of guanidine groups is 1. The Labute approximate surface area is 225 Å². The molecule has 2 atom stereocenters. The molecule has 2 saturated heterocycles. The van der Waals surface area contributed by atoms with Crippen LogP contribution in [0, 0.1) is 19.8 Å². The second-order valence-corrected chi connectivity index (χ2v) is 11.0. The number of rotatable bonds is 9. The van der Waals surface area contributed by atoms with Crippen LogP contribution in [0.3, 0.4) is 0 Å². The van der Waals surface area contributed by atoms with Gasteiger partial charge in [-0.2, -0.15) is 0 Å². The average molecular weight is 526 g/mol. The molecule has 5 N–H and O–H groups in total. The molecule has 2 aliphatic heterocycles. The Morgan fingerprint density at radius 2 is 1.71 bits per heavy atom. The van der Waals surface area contributed by atoms with Crippen LogP contribution in [0.4, 0.5) is 10.5 Å². The molecule has 10 nitrogen and oxygen atoms in total. The van der Waals surface area contributed by atoms with Crippen LogP contribution in [0.2, 0.25) is 0 Å². The first-order valence-electron chi connectivity index (χ1n) is 14.0. The average Bonchev–Trinajstić information content (AvgIpc) is 3.18. The van der Waals surface area contributed by atoms with Gasteiger partial charge in [0.1, 0.15) is 12.1 Å². The first-order valence-corrected chi connectivity index (χ1v) is 14.0. The molecular formula is C28H43N7O3. The van der Waals surface area contributed by atoms with Gasteiger partial charge in [0.2, 0.25) is 5.91 Å². The van der Waals surface area contributed by atoms with Crippen LogP contribution in [-0.4, -0.2) is 78.4 Å². The lowest BCUT2D eigenvalue weighted by Crippen LogP contribution is -2.57. The molecule has 1 aliphatic carbocycles. The summed E-state index contributed by atoms with van der Waals surface area (Å²) in [6.07, 6.45) is 7.07. The summed E-state index contributed by atoms with van der Waals surface area (Å²) >= 11 is 0. The Bertz CT molecular complexity index is 1020. The molecular weight excluding hydrogens is 482 g/mol. The van der Waals surface area contributed by atoms with Gasteiger partial charge in [-0.3, -0.25) is 14.6 Å². The first-order chi connectivity index (χ1) is 18.3. The number of carbonyl (C=O) groups is 3. The third-order valence-corrected chi connectivity index (χ3v) is 8.22. The number of piperazine rings is 1. The first kappa shape index (κ1) is 27.7. The van der Waals surface area contributed by atoms with Gasteiger partial charge in [-0.05, 0) is 50.2 Å². The topological polar surface area (TPSA) is 137 Å². The molecule has 4 rings (SSSR count). The third kappa shape index (κ3) is 6.39. The highest BCUT2D eigenvalue weighted by Gasteiger charge is 2.46. The maximum Gasteiger partial charge on any atom is 0.325 e. The molecule has 1 unspecified atom stereocenters. The van der Waals surface area contributed by atoms with Gasteiger partial charge in [0.05, 0.1) is 0 Å². The molecule has 38 heavy (non-hydrogen) atoms. The highest BCUT2D eigenvalue weighted by Crippen LogP contribution is 2.31. The number of para-hydroxylation sites is 1. The van der Waals surface area contributed by atoms with E-state index in [0.29, 0.717) is 44.8 Å². The van der Waals surface area contributed by atoms with E-state index in [0.717, 1.165) is 38.8 Å². The molecule has 1 aromatic rings. The van der Waals surface area contributed by atoms with Crippen molar-refractivity contribution in [2.75, 3.05) is 37.6 Å². The SMILES string of the molecule is Cc1cccc(C)c1N1CCN(C(=O)[C@@H](CC2CCCCC2)N2C(=O)NC(CCCN=C(N)N)C2=O)CC1. The number of nitrogens with one attached hydrogen (secondary N) is 1. The van der Waals surface area contributed by atoms with Crippen LogP contribution in [0.25, 0.3) is 0 Å². The molecule has 0 bridgehead atoms. The van der Waals surface area contributed by atoms with E-state index in [1.165, 1.54) is 28.1 Å². The summed E-state index contributed by atoms with van der Waals surface area (Å²) in [6.45, 7) is 7.20. The van der Waals surface area contributed by atoms with Gasteiger partial charge in [-0.25, -0.2) is 9.69 Å². The van der Waals surface area contributed by atoms with Gasteiger partial charge in [0.25, 0.3) is 5.91 Å². The fourth-order valence-corrected chi connectivity index (χ4v) is 6.26. The van der Waals surface area contributed by atoms with Crippen molar-refractivity contribution in [2.45, 2.75) is 77.3 Å². The number of nitrogens with zero attached hydrogens (tertiary/aromatic N) is 4. The van der Waals surface area contributed by atoms with Crippen molar-refractivity contribution in [1.29, 1.82) is 0 Å². The highest BCUT2D eigenvalue weighted by molar-refractivity contribution is 6.07. The number of carbonyl (C=O) groups excluding carboxylic acids is 3. The quantitative estimate of drug-likeness (QED) is 0.196. The summed E-state index contributed by atoms with van der Waals surface area (Å²) in [7, 11) is 0. The van der Waals surface area contributed by atoms with Crippen molar-refractivity contribution in [2.24, 2.45) is 22.4 Å². The molecule has 0 spiro atoms. The van der Waals surface area contributed by atoms with Crippen molar-refractivity contribution in [1.82, 2.24) is 15.1 Å². The number of imide groups is 1. The number of aryl methyl sites for hydroxylation is 2. The Kier molecular flexibility index (Phi) is 9.12. The van der Waals surface area contributed by atoms with Gasteiger partial charge in [-0.1, -0.05) is 50.3 Å². The maximum atomic E-state index is 14.0. The smallest absolute Gasteiger partial charge is 0.325 e. The number of nitrogens with two attached hydrogens (primary N) is 2. The second-order valence-electron chi connectivity index (χ2n) is 11.0. The predicted molar refractivity (Wildman–Crippen MR) is 149 cm³/mol. The molecule has 0 radical (unpaired) electrons. The molecule has 10 heteroatoms. The molecule has 3 aliphatic rings. The molecule has 1 aromatic carbocycles. The standard InChI is InChI=1S/C28H43N7O3/c1-19-8-6-9-20(2)24(19)33-14-16-34(17-15-33)26(37)23(18-21-10-4-3-5-11-21)35-25(36)22(32-28(35)38)12-7-13-31-27(29)30/h6,8-9,21-23H,3-5,7,10-18H2,1-2H3,(H,32,38)(H4,29,30,31)/t22?,23-/m1/s1. The number of anilines is 1. The second kappa shape index (κ2) is 12.5. The fourth-order valence-electron chi connectivity index (χ4n) is 6.26. The zero-order chi connectivity index (χ0) is 27.2. The lowest BCUT2D eigenvalue weighted by molar-refractivity contribution is -0.143. The monoisotopic (exact) mass is 525 g/mol. The van der Waals surface area contributed by atoms with Gasteiger partial charge in [0.15, 0.2) is 5.96 Å². The molecule has 1 saturated carbocycles. The lowest BCUT2D eigenvalue weighted by Gasteiger charge is -2.40. The Morgan fingerprint density at radius 3 is 2.34 bits per heavy atom. The van der Waals surface area contributed by atoms with Gasteiger partial charge in [-0.15, -0.1) is 0 Å². The van der Waals surface area contributed by atoms with Crippen LogP contribution in [-0.2, 0) is 9.59 Å². The van der Waals surface area contributed by atoms with E-state index in [9.17, 15) is 14.4 Å². The van der Waals surface area contributed by atoms with Gasteiger partial charge in [0, 0.05) is 38.4 Å². The highest BCUT2D eigenvalue weighted by atomic mass is 16.2.